The van der Waals surface area contributed by atoms with Crippen LogP contribution in [0.1, 0.15) is 136 Å². The summed E-state index contributed by atoms with van der Waals surface area (Å²) in [6.45, 7) is 1.86. The number of phosphoric acid groups is 1. The predicted molar refractivity (Wildman–Crippen MR) is 225 cm³/mol. The lowest BCUT2D eigenvalue weighted by molar-refractivity contribution is -0.161. The first kappa shape index (κ1) is 53.1. The number of hydrogen-bond donors (Lipinski definition) is 4. The Hall–Kier alpha value is -2.89. The van der Waals surface area contributed by atoms with E-state index < -0.39 is 51.8 Å². The molecule has 0 aliphatic rings. The quantitative estimate of drug-likeness (QED) is 0.0204. The van der Waals surface area contributed by atoms with Crippen LogP contribution in [0, 0.1) is 0 Å². The molecule has 12 heteroatoms. The highest BCUT2D eigenvalue weighted by atomic mass is 31.2. The Balaban J connectivity index is 4.47. The molecule has 0 aliphatic heterocycles. The van der Waals surface area contributed by atoms with Crippen molar-refractivity contribution in [1.82, 2.24) is 0 Å². The van der Waals surface area contributed by atoms with Crippen molar-refractivity contribution in [1.29, 1.82) is 0 Å². The van der Waals surface area contributed by atoms with Crippen molar-refractivity contribution < 1.29 is 52.9 Å². The molecule has 1 unspecified atom stereocenters. The van der Waals surface area contributed by atoms with Crippen LogP contribution in [-0.2, 0) is 32.7 Å². The average Bonchev–Trinajstić information content (AvgIpc) is 3.19. The highest BCUT2D eigenvalue weighted by Gasteiger charge is 2.27. The van der Waals surface area contributed by atoms with E-state index in [0.717, 1.165) is 89.9 Å². The standard InChI is InChI=1S/C44H73O11P/c1-3-5-6-7-8-9-10-11-12-17-20-23-26-29-32-35-44(49)55-42(39-54-56(50,51)53-37-41(47)36-45)38-52-43(48)34-31-28-25-22-19-16-14-13-15-18-21-24-27-30-33-40(46)4-2/h5-6,8-9,11-12,14-16,18,22,24-25,27,40-42,45-47H,3-4,7,10,13,17,19-21,23,26,28-39H2,1-2H3,(H,50,51)/b6-5-,9-8-,12-11-,16-14-,18-15-,25-22-,27-24-/t40-,41-,42+/m0/s1. The van der Waals surface area contributed by atoms with Crippen LogP contribution in [0.4, 0.5) is 0 Å². The van der Waals surface area contributed by atoms with Crippen molar-refractivity contribution in [2.24, 2.45) is 0 Å². The van der Waals surface area contributed by atoms with Gasteiger partial charge in [0.2, 0.25) is 0 Å². The number of ether oxygens (including phenoxy) is 2. The molecule has 0 rings (SSSR count). The first-order valence-electron chi connectivity index (χ1n) is 20.6. The molecule has 0 bridgehead atoms. The zero-order valence-corrected chi connectivity index (χ0v) is 35.1. The molecule has 0 aromatic rings. The summed E-state index contributed by atoms with van der Waals surface area (Å²) in [5.74, 6) is -1.04. The lowest BCUT2D eigenvalue weighted by Gasteiger charge is -2.20. The number of phosphoric ester groups is 1. The minimum absolute atomic E-state index is 0.141. The van der Waals surface area contributed by atoms with Gasteiger partial charge in [-0.15, -0.1) is 0 Å². The lowest BCUT2D eigenvalue weighted by atomic mass is 10.1. The predicted octanol–water partition coefficient (Wildman–Crippen LogP) is 9.63. The van der Waals surface area contributed by atoms with Gasteiger partial charge in [0.1, 0.15) is 12.7 Å². The smallest absolute Gasteiger partial charge is 0.462 e. The topological polar surface area (TPSA) is 169 Å². The summed E-state index contributed by atoms with van der Waals surface area (Å²) in [7, 11) is -4.65. The molecule has 4 atom stereocenters. The molecule has 320 valence electrons. The van der Waals surface area contributed by atoms with Gasteiger partial charge in [0.25, 0.3) is 0 Å². The van der Waals surface area contributed by atoms with E-state index in [9.17, 15) is 29.3 Å². The summed E-state index contributed by atoms with van der Waals surface area (Å²) in [5, 5.41) is 27.9. The fraction of sp³-hybridized carbons (Fsp3) is 0.636. The zero-order chi connectivity index (χ0) is 41.4. The molecule has 0 fully saturated rings. The lowest BCUT2D eigenvalue weighted by Crippen LogP contribution is -2.29. The molecule has 0 saturated carbocycles. The van der Waals surface area contributed by atoms with E-state index in [1.807, 2.05) is 19.1 Å². The Labute approximate surface area is 337 Å². The largest absolute Gasteiger partial charge is 0.472 e. The third-order valence-corrected chi connectivity index (χ3v) is 9.15. The number of hydrogen-bond acceptors (Lipinski definition) is 10. The van der Waals surface area contributed by atoms with Gasteiger partial charge in [-0.1, -0.05) is 118 Å². The van der Waals surface area contributed by atoms with E-state index in [1.165, 1.54) is 0 Å². The van der Waals surface area contributed by atoms with Gasteiger partial charge < -0.3 is 29.7 Å². The molecule has 0 saturated heterocycles. The normalized spacial score (nSPS) is 15.3. The Morgan fingerprint density at radius 3 is 1.62 bits per heavy atom. The maximum absolute atomic E-state index is 12.6. The minimum atomic E-state index is -4.65. The van der Waals surface area contributed by atoms with Crippen LogP contribution in [0.15, 0.2) is 85.1 Å². The molecule has 11 nitrogen and oxygen atoms in total. The average molecular weight is 809 g/mol. The van der Waals surface area contributed by atoms with Crippen LogP contribution in [-0.4, -0.2) is 76.9 Å². The second-order valence-electron chi connectivity index (χ2n) is 13.4. The molecule has 56 heavy (non-hydrogen) atoms. The summed E-state index contributed by atoms with van der Waals surface area (Å²) in [6, 6.07) is 0. The van der Waals surface area contributed by atoms with E-state index in [1.54, 1.807) is 0 Å². The molecule has 0 radical (unpaired) electrons. The van der Waals surface area contributed by atoms with E-state index >= 15 is 0 Å². The van der Waals surface area contributed by atoms with Crippen LogP contribution >= 0.6 is 7.82 Å². The van der Waals surface area contributed by atoms with Crippen molar-refractivity contribution >= 4 is 19.8 Å². The van der Waals surface area contributed by atoms with Gasteiger partial charge in [-0.3, -0.25) is 18.6 Å². The van der Waals surface area contributed by atoms with Crippen LogP contribution in [0.25, 0.3) is 0 Å². The number of esters is 2. The molecule has 4 N–H and O–H groups in total. The SMILES string of the molecule is CC/C=C\C/C=C\C/C=C\CCCCCCCC(=O)O[C@H](COC(=O)CCC/C=C\C/C=C\C/C=C\C/C=C\CC[C@@H](O)CC)COP(=O)(O)OC[C@@H](O)CO. The fourth-order valence-electron chi connectivity index (χ4n) is 4.86. The molecule has 0 amide bonds. The first-order valence-corrected chi connectivity index (χ1v) is 22.1. The number of carbonyl (C=O) groups excluding carboxylic acids is 2. The second kappa shape index (κ2) is 39.0. The molecule has 0 spiro atoms. The third kappa shape index (κ3) is 38.0. The van der Waals surface area contributed by atoms with Gasteiger partial charge in [0.05, 0.1) is 25.9 Å². The van der Waals surface area contributed by atoms with Gasteiger partial charge >= 0.3 is 19.8 Å². The van der Waals surface area contributed by atoms with E-state index in [-0.39, 0.29) is 25.6 Å². The highest BCUT2D eigenvalue weighted by Crippen LogP contribution is 2.43. The first-order chi connectivity index (χ1) is 27.1. The zero-order valence-electron chi connectivity index (χ0n) is 34.2. The van der Waals surface area contributed by atoms with Crippen molar-refractivity contribution in [2.45, 2.75) is 154 Å². The molecule has 0 aromatic heterocycles. The molecular formula is C44H73O11P. The summed E-state index contributed by atoms with van der Waals surface area (Å²) in [5.41, 5.74) is 0. The Kier molecular flexibility index (Phi) is 36.9. The number of aliphatic hydroxyl groups excluding tert-OH is 3. The Morgan fingerprint density at radius 1 is 0.571 bits per heavy atom. The number of carbonyl (C=O) groups is 2. The van der Waals surface area contributed by atoms with Crippen molar-refractivity contribution in [3.8, 4) is 0 Å². The number of allylic oxidation sites excluding steroid dienone is 14. The van der Waals surface area contributed by atoms with Gasteiger partial charge in [0, 0.05) is 12.8 Å². The number of aliphatic hydroxyl groups is 3. The van der Waals surface area contributed by atoms with Crippen LogP contribution < -0.4 is 0 Å². The van der Waals surface area contributed by atoms with E-state index in [2.05, 4.69) is 84.4 Å². The number of unbranched alkanes of at least 4 members (excludes halogenated alkanes) is 6. The molecule has 0 aliphatic carbocycles. The third-order valence-electron chi connectivity index (χ3n) is 8.20. The van der Waals surface area contributed by atoms with Gasteiger partial charge in [-0.25, -0.2) is 4.57 Å². The molecule has 0 aromatic carbocycles. The monoisotopic (exact) mass is 808 g/mol. The van der Waals surface area contributed by atoms with Crippen molar-refractivity contribution in [3.05, 3.63) is 85.1 Å². The molecular weight excluding hydrogens is 735 g/mol. The highest BCUT2D eigenvalue weighted by molar-refractivity contribution is 7.47. The maximum atomic E-state index is 12.6. The van der Waals surface area contributed by atoms with Crippen molar-refractivity contribution in [2.75, 3.05) is 26.4 Å². The Morgan fingerprint density at radius 2 is 1.05 bits per heavy atom. The van der Waals surface area contributed by atoms with Crippen molar-refractivity contribution in [3.63, 3.8) is 0 Å². The van der Waals surface area contributed by atoms with Gasteiger partial charge in [0.15, 0.2) is 6.10 Å². The van der Waals surface area contributed by atoms with Crippen LogP contribution in [0.3, 0.4) is 0 Å². The summed E-state index contributed by atoms with van der Waals surface area (Å²) in [4.78, 5) is 34.9. The van der Waals surface area contributed by atoms with Crippen LogP contribution in [0.5, 0.6) is 0 Å². The maximum Gasteiger partial charge on any atom is 0.472 e. The van der Waals surface area contributed by atoms with Gasteiger partial charge in [-0.05, 0) is 89.9 Å². The van der Waals surface area contributed by atoms with E-state index in [0.29, 0.717) is 19.3 Å². The summed E-state index contributed by atoms with van der Waals surface area (Å²) >= 11 is 0. The second-order valence-corrected chi connectivity index (χ2v) is 14.9. The number of rotatable bonds is 37. The fourth-order valence-corrected chi connectivity index (χ4v) is 5.65. The Bertz CT molecular complexity index is 1220. The minimum Gasteiger partial charge on any atom is -0.462 e. The summed E-state index contributed by atoms with van der Waals surface area (Å²) in [6.07, 6.45) is 42.1. The molecule has 0 heterocycles. The summed E-state index contributed by atoms with van der Waals surface area (Å²) < 4.78 is 32.6. The van der Waals surface area contributed by atoms with E-state index in [4.69, 9.17) is 19.1 Å². The van der Waals surface area contributed by atoms with Gasteiger partial charge in [-0.2, -0.15) is 0 Å². The van der Waals surface area contributed by atoms with Crippen LogP contribution in [0.2, 0.25) is 0 Å².